The van der Waals surface area contributed by atoms with Gasteiger partial charge < -0.3 is 15.0 Å². The zero-order valence-electron chi connectivity index (χ0n) is 17.7. The highest BCUT2D eigenvalue weighted by molar-refractivity contribution is 8.14. The van der Waals surface area contributed by atoms with Crippen molar-refractivity contribution >= 4 is 34.7 Å². The Bertz CT molecular complexity index is 849. The van der Waals surface area contributed by atoms with E-state index in [-0.39, 0.29) is 47.6 Å². The molecule has 1 fully saturated rings. The zero-order valence-corrected chi connectivity index (χ0v) is 18.5. The number of ether oxygens (including phenoxy) is 1. The summed E-state index contributed by atoms with van der Waals surface area (Å²) < 4.78 is 32.0. The van der Waals surface area contributed by atoms with Gasteiger partial charge in [0.25, 0.3) is 0 Å². The van der Waals surface area contributed by atoms with Crippen LogP contribution in [0.3, 0.4) is 0 Å². The lowest BCUT2D eigenvalue weighted by molar-refractivity contribution is -0.137. The van der Waals surface area contributed by atoms with E-state index in [0.717, 1.165) is 17.8 Å². The van der Waals surface area contributed by atoms with Crippen molar-refractivity contribution in [2.45, 2.75) is 51.7 Å². The second kappa shape index (κ2) is 11.2. The van der Waals surface area contributed by atoms with Gasteiger partial charge in [-0.3, -0.25) is 19.2 Å². The van der Waals surface area contributed by atoms with Gasteiger partial charge in [-0.1, -0.05) is 37.7 Å². The van der Waals surface area contributed by atoms with Crippen molar-refractivity contribution < 1.29 is 32.7 Å². The minimum absolute atomic E-state index is 0.0371. The lowest BCUT2D eigenvalue weighted by atomic mass is 10.0. The number of hydrogen-bond acceptors (Lipinski definition) is 6. The van der Waals surface area contributed by atoms with Gasteiger partial charge in [-0.25, -0.2) is 8.78 Å². The smallest absolute Gasteiger partial charge is 0.316 e. The van der Waals surface area contributed by atoms with E-state index in [1.54, 1.807) is 13.8 Å². The second-order valence-corrected chi connectivity index (χ2v) is 8.58. The summed E-state index contributed by atoms with van der Waals surface area (Å²) in [4.78, 5) is 49.9. The molecular weight excluding hydrogens is 430 g/mol. The SMILES string of the molecule is COC(=O)CSC(=O)[C@@H](NC(=O)C[C@@H]1CCC(=O)N1Cc1cccc(F)c1F)C(C)C. The normalized spacial score (nSPS) is 17.0. The predicted molar refractivity (Wildman–Crippen MR) is 111 cm³/mol. The fourth-order valence-corrected chi connectivity index (χ4v) is 4.19. The van der Waals surface area contributed by atoms with Gasteiger partial charge >= 0.3 is 5.97 Å². The van der Waals surface area contributed by atoms with Crippen LogP contribution < -0.4 is 5.32 Å². The Morgan fingerprint density at radius 1 is 1.29 bits per heavy atom. The van der Waals surface area contributed by atoms with Gasteiger partial charge in [0.05, 0.1) is 12.9 Å². The molecule has 0 radical (unpaired) electrons. The van der Waals surface area contributed by atoms with Gasteiger partial charge in [0.15, 0.2) is 11.6 Å². The molecule has 0 bridgehead atoms. The molecule has 0 saturated carbocycles. The van der Waals surface area contributed by atoms with Crippen LogP contribution in [0.2, 0.25) is 0 Å². The number of esters is 1. The molecule has 0 unspecified atom stereocenters. The molecule has 2 rings (SSSR count). The zero-order chi connectivity index (χ0) is 23.1. The molecular formula is C21H26F2N2O5S. The molecule has 10 heteroatoms. The van der Waals surface area contributed by atoms with Crippen LogP contribution in [-0.4, -0.2) is 52.7 Å². The molecule has 1 aliphatic rings. The van der Waals surface area contributed by atoms with Crippen molar-refractivity contribution in [3.05, 3.63) is 35.4 Å². The van der Waals surface area contributed by atoms with E-state index in [1.807, 2.05) is 0 Å². The number of hydrogen-bond donors (Lipinski definition) is 1. The Morgan fingerprint density at radius 3 is 2.65 bits per heavy atom. The maximum atomic E-state index is 14.0. The van der Waals surface area contributed by atoms with E-state index >= 15 is 0 Å². The molecule has 1 aromatic rings. The minimum Gasteiger partial charge on any atom is -0.468 e. The van der Waals surface area contributed by atoms with Crippen molar-refractivity contribution in [1.82, 2.24) is 10.2 Å². The van der Waals surface area contributed by atoms with Crippen molar-refractivity contribution in [3.8, 4) is 0 Å². The first-order valence-corrected chi connectivity index (χ1v) is 10.9. The monoisotopic (exact) mass is 456 g/mol. The number of amides is 2. The first kappa shape index (κ1) is 24.8. The number of nitrogens with one attached hydrogen (secondary N) is 1. The quantitative estimate of drug-likeness (QED) is 0.574. The van der Waals surface area contributed by atoms with Crippen LogP contribution in [-0.2, 0) is 30.5 Å². The first-order chi connectivity index (χ1) is 14.6. The van der Waals surface area contributed by atoms with Crippen molar-refractivity contribution in [1.29, 1.82) is 0 Å². The third-order valence-corrected chi connectivity index (χ3v) is 5.96. The van der Waals surface area contributed by atoms with E-state index in [0.29, 0.717) is 6.42 Å². The van der Waals surface area contributed by atoms with E-state index in [1.165, 1.54) is 24.1 Å². The number of likely N-dealkylation sites (tertiary alicyclic amines) is 1. The summed E-state index contributed by atoms with van der Waals surface area (Å²) in [5.74, 6) is -3.61. The molecule has 31 heavy (non-hydrogen) atoms. The lowest BCUT2D eigenvalue weighted by Crippen LogP contribution is -2.45. The van der Waals surface area contributed by atoms with Gasteiger partial charge in [-0.15, -0.1) is 0 Å². The Hall–Kier alpha value is -2.49. The molecule has 2 atom stereocenters. The Labute approximate surface area is 183 Å². The summed E-state index contributed by atoms with van der Waals surface area (Å²) in [6.07, 6.45) is 0.539. The molecule has 0 aromatic heterocycles. The summed E-state index contributed by atoms with van der Waals surface area (Å²) >= 11 is 0.766. The summed E-state index contributed by atoms with van der Waals surface area (Å²) in [6, 6.07) is 2.46. The van der Waals surface area contributed by atoms with E-state index < -0.39 is 35.6 Å². The van der Waals surface area contributed by atoms with Crippen LogP contribution in [0.25, 0.3) is 0 Å². The first-order valence-electron chi connectivity index (χ1n) is 9.89. The van der Waals surface area contributed by atoms with Crippen LogP contribution in [0.5, 0.6) is 0 Å². The average Bonchev–Trinajstić information content (AvgIpc) is 3.06. The highest BCUT2D eigenvalue weighted by Crippen LogP contribution is 2.25. The van der Waals surface area contributed by atoms with Crippen molar-refractivity contribution in [3.63, 3.8) is 0 Å². The lowest BCUT2D eigenvalue weighted by Gasteiger charge is -2.26. The highest BCUT2D eigenvalue weighted by Gasteiger charge is 2.34. The van der Waals surface area contributed by atoms with Crippen LogP contribution in [0.4, 0.5) is 8.78 Å². The molecule has 1 saturated heterocycles. The predicted octanol–water partition coefficient (Wildman–Crippen LogP) is 2.42. The van der Waals surface area contributed by atoms with Gasteiger partial charge in [0.1, 0.15) is 6.04 Å². The molecule has 1 aromatic carbocycles. The van der Waals surface area contributed by atoms with Gasteiger partial charge in [-0.2, -0.15) is 0 Å². The largest absolute Gasteiger partial charge is 0.468 e. The van der Waals surface area contributed by atoms with Crippen LogP contribution >= 0.6 is 11.8 Å². The number of carbonyl (C=O) groups is 4. The Kier molecular flexibility index (Phi) is 8.97. The molecule has 2 amide bonds. The second-order valence-electron chi connectivity index (χ2n) is 7.60. The number of carbonyl (C=O) groups excluding carboxylic acids is 4. The van der Waals surface area contributed by atoms with Crippen LogP contribution in [0, 0.1) is 17.6 Å². The summed E-state index contributed by atoms with van der Waals surface area (Å²) in [6.45, 7) is 3.39. The van der Waals surface area contributed by atoms with Crippen molar-refractivity contribution in [2.24, 2.45) is 5.92 Å². The van der Waals surface area contributed by atoms with Gasteiger partial charge in [0, 0.05) is 31.0 Å². The van der Waals surface area contributed by atoms with E-state index in [4.69, 9.17) is 0 Å². The third-order valence-electron chi connectivity index (χ3n) is 5.04. The fourth-order valence-electron chi connectivity index (χ4n) is 3.30. The number of nitrogens with zero attached hydrogens (tertiary/aromatic N) is 1. The molecule has 1 aliphatic heterocycles. The molecule has 0 spiro atoms. The number of methoxy groups -OCH3 is 1. The highest BCUT2D eigenvalue weighted by atomic mass is 32.2. The van der Waals surface area contributed by atoms with Gasteiger partial charge in [-0.05, 0) is 18.4 Å². The standard InChI is InChI=1S/C21H26F2N2O5S/c1-12(2)20(21(29)31-11-18(28)30-3)24-16(26)9-14-7-8-17(27)25(14)10-13-5-4-6-15(22)19(13)23/h4-6,12,14,20H,7-11H2,1-3H3,(H,24,26)/t14-,20-/m0/s1. The van der Waals surface area contributed by atoms with Crippen LogP contribution in [0.15, 0.2) is 18.2 Å². The minimum atomic E-state index is -1.02. The Morgan fingerprint density at radius 2 is 2.00 bits per heavy atom. The van der Waals surface area contributed by atoms with E-state index in [9.17, 15) is 28.0 Å². The molecule has 0 aliphatic carbocycles. The molecule has 170 valence electrons. The number of rotatable bonds is 9. The topological polar surface area (TPSA) is 92.8 Å². The Balaban J connectivity index is 2.01. The maximum Gasteiger partial charge on any atom is 0.316 e. The average molecular weight is 457 g/mol. The molecule has 1 N–H and O–H groups in total. The van der Waals surface area contributed by atoms with Crippen molar-refractivity contribution in [2.75, 3.05) is 12.9 Å². The summed E-state index contributed by atoms with van der Waals surface area (Å²) in [5.41, 5.74) is 0.0371. The molecule has 1 heterocycles. The fraction of sp³-hybridized carbons (Fsp3) is 0.524. The summed E-state index contributed by atoms with van der Waals surface area (Å²) in [7, 11) is 1.22. The maximum absolute atomic E-state index is 14.0. The molecule has 7 nitrogen and oxygen atoms in total. The van der Waals surface area contributed by atoms with E-state index in [2.05, 4.69) is 10.1 Å². The van der Waals surface area contributed by atoms with Crippen LogP contribution in [0.1, 0.15) is 38.7 Å². The number of halogens is 2. The number of thioether (sulfide) groups is 1. The third kappa shape index (κ3) is 6.75. The van der Waals surface area contributed by atoms with Gasteiger partial charge in [0.2, 0.25) is 16.9 Å². The number of benzene rings is 1. The summed E-state index contributed by atoms with van der Waals surface area (Å²) in [5, 5.41) is 2.31.